The fraction of sp³-hybridized carbons (Fsp3) is 0.583. The summed E-state index contributed by atoms with van der Waals surface area (Å²) in [5.74, 6) is 1.75. The van der Waals surface area contributed by atoms with Crippen molar-refractivity contribution >= 4 is 11.5 Å². The summed E-state index contributed by atoms with van der Waals surface area (Å²) in [6.45, 7) is 6.51. The first-order chi connectivity index (χ1) is 6.99. The molecule has 0 atom stereocenters. The molecule has 1 heterocycles. The zero-order chi connectivity index (χ0) is 11.1. The molecule has 0 unspecified atom stereocenters. The Hall–Kier alpha value is -1.25. The molecule has 0 radical (unpaired) electrons. The van der Waals surface area contributed by atoms with Crippen molar-refractivity contribution in [3.63, 3.8) is 0 Å². The number of pyridine rings is 1. The molecular formula is C12H19N3. The van der Waals surface area contributed by atoms with Crippen LogP contribution < -0.4 is 11.1 Å². The van der Waals surface area contributed by atoms with Crippen molar-refractivity contribution in [2.24, 2.45) is 5.92 Å². The largest absolute Gasteiger partial charge is 0.397 e. The van der Waals surface area contributed by atoms with E-state index in [0.29, 0.717) is 0 Å². The van der Waals surface area contributed by atoms with Gasteiger partial charge in [0.05, 0.1) is 11.9 Å². The van der Waals surface area contributed by atoms with Gasteiger partial charge in [-0.15, -0.1) is 0 Å². The van der Waals surface area contributed by atoms with Crippen LogP contribution in [0.4, 0.5) is 11.5 Å². The quantitative estimate of drug-likeness (QED) is 0.797. The van der Waals surface area contributed by atoms with Crippen LogP contribution in [-0.4, -0.2) is 10.5 Å². The Bertz CT molecular complexity index is 367. The van der Waals surface area contributed by atoms with E-state index in [-0.39, 0.29) is 5.54 Å². The maximum atomic E-state index is 5.67. The Labute approximate surface area is 91.1 Å². The van der Waals surface area contributed by atoms with Gasteiger partial charge < -0.3 is 11.1 Å². The minimum absolute atomic E-state index is 0.147. The van der Waals surface area contributed by atoms with Gasteiger partial charge in [0.25, 0.3) is 0 Å². The monoisotopic (exact) mass is 205 g/mol. The van der Waals surface area contributed by atoms with Crippen LogP contribution in [0.2, 0.25) is 0 Å². The van der Waals surface area contributed by atoms with Crippen molar-refractivity contribution in [3.8, 4) is 0 Å². The van der Waals surface area contributed by atoms with E-state index in [0.717, 1.165) is 23.0 Å². The molecule has 1 aliphatic carbocycles. The Morgan fingerprint density at radius 3 is 2.67 bits per heavy atom. The predicted octanol–water partition coefficient (Wildman–Crippen LogP) is 2.57. The molecule has 0 aromatic carbocycles. The van der Waals surface area contributed by atoms with Gasteiger partial charge in [-0.2, -0.15) is 0 Å². The molecule has 1 aliphatic rings. The van der Waals surface area contributed by atoms with E-state index in [1.165, 1.54) is 12.8 Å². The van der Waals surface area contributed by atoms with Crippen molar-refractivity contribution in [2.75, 3.05) is 11.1 Å². The first-order valence-electron chi connectivity index (χ1n) is 5.49. The first kappa shape index (κ1) is 10.3. The van der Waals surface area contributed by atoms with Crippen molar-refractivity contribution < 1.29 is 0 Å². The zero-order valence-corrected chi connectivity index (χ0v) is 9.67. The van der Waals surface area contributed by atoms with E-state index < -0.39 is 0 Å². The molecule has 0 saturated heterocycles. The van der Waals surface area contributed by atoms with E-state index >= 15 is 0 Å². The Morgan fingerprint density at radius 1 is 1.47 bits per heavy atom. The van der Waals surface area contributed by atoms with Crippen LogP contribution in [0.25, 0.3) is 0 Å². The maximum absolute atomic E-state index is 5.67. The molecule has 3 nitrogen and oxygen atoms in total. The summed E-state index contributed by atoms with van der Waals surface area (Å²) < 4.78 is 0. The van der Waals surface area contributed by atoms with Crippen molar-refractivity contribution in [1.82, 2.24) is 4.98 Å². The molecule has 0 bridgehead atoms. The third kappa shape index (κ3) is 2.22. The summed E-state index contributed by atoms with van der Waals surface area (Å²) in [5, 5.41) is 3.51. The number of aryl methyl sites for hydroxylation is 1. The van der Waals surface area contributed by atoms with E-state index in [9.17, 15) is 0 Å². The summed E-state index contributed by atoms with van der Waals surface area (Å²) in [6.07, 6.45) is 4.36. The fourth-order valence-corrected chi connectivity index (χ4v) is 1.94. The van der Waals surface area contributed by atoms with Gasteiger partial charge in [-0.1, -0.05) is 0 Å². The van der Waals surface area contributed by atoms with Gasteiger partial charge in [0.1, 0.15) is 5.82 Å². The summed E-state index contributed by atoms with van der Waals surface area (Å²) >= 11 is 0. The van der Waals surface area contributed by atoms with Gasteiger partial charge in [0.15, 0.2) is 0 Å². The van der Waals surface area contributed by atoms with Crippen LogP contribution >= 0.6 is 0 Å². The van der Waals surface area contributed by atoms with Crippen LogP contribution in [0.1, 0.15) is 32.3 Å². The molecular weight excluding hydrogens is 186 g/mol. The lowest BCUT2D eigenvalue weighted by molar-refractivity contribution is 0.492. The van der Waals surface area contributed by atoms with Crippen LogP contribution in [0.3, 0.4) is 0 Å². The predicted molar refractivity (Wildman–Crippen MR) is 63.8 cm³/mol. The van der Waals surface area contributed by atoms with Crippen molar-refractivity contribution in [2.45, 2.75) is 39.2 Å². The SMILES string of the molecule is Cc1cc(N)cnc1NC(C)(C)C1CC1. The highest BCUT2D eigenvalue weighted by Crippen LogP contribution is 2.41. The minimum atomic E-state index is 0.147. The summed E-state index contributed by atoms with van der Waals surface area (Å²) in [7, 11) is 0. The van der Waals surface area contributed by atoms with Gasteiger partial charge in [-0.3, -0.25) is 0 Å². The molecule has 3 N–H and O–H groups in total. The highest BCUT2D eigenvalue weighted by Gasteiger charge is 2.37. The highest BCUT2D eigenvalue weighted by atomic mass is 15.1. The number of nitrogens with one attached hydrogen (secondary N) is 1. The van der Waals surface area contributed by atoms with E-state index in [4.69, 9.17) is 5.73 Å². The fourth-order valence-electron chi connectivity index (χ4n) is 1.94. The molecule has 0 aliphatic heterocycles. The number of nitrogens with zero attached hydrogens (tertiary/aromatic N) is 1. The first-order valence-corrected chi connectivity index (χ1v) is 5.49. The molecule has 82 valence electrons. The van der Waals surface area contributed by atoms with Crippen LogP contribution in [0.5, 0.6) is 0 Å². The molecule has 0 spiro atoms. The normalized spacial score (nSPS) is 16.5. The maximum Gasteiger partial charge on any atom is 0.129 e. The van der Waals surface area contributed by atoms with Gasteiger partial charge in [0, 0.05) is 5.54 Å². The highest BCUT2D eigenvalue weighted by molar-refractivity contribution is 5.52. The Kier molecular flexibility index (Phi) is 2.33. The minimum Gasteiger partial charge on any atom is -0.397 e. The molecule has 0 amide bonds. The molecule has 1 fully saturated rings. The van der Waals surface area contributed by atoms with Crippen LogP contribution in [0.15, 0.2) is 12.3 Å². The second kappa shape index (κ2) is 3.40. The number of nitrogen functional groups attached to an aromatic ring is 1. The van der Waals surface area contributed by atoms with Gasteiger partial charge in [-0.25, -0.2) is 4.98 Å². The second-order valence-corrected chi connectivity index (χ2v) is 5.06. The number of hydrogen-bond acceptors (Lipinski definition) is 3. The second-order valence-electron chi connectivity index (χ2n) is 5.06. The average molecular weight is 205 g/mol. The molecule has 1 aromatic rings. The number of rotatable bonds is 3. The average Bonchev–Trinajstić information content (AvgIpc) is 2.92. The lowest BCUT2D eigenvalue weighted by Crippen LogP contribution is -2.34. The number of hydrogen-bond donors (Lipinski definition) is 2. The van der Waals surface area contributed by atoms with Crippen LogP contribution in [0, 0.1) is 12.8 Å². The van der Waals surface area contributed by atoms with E-state index in [1.807, 2.05) is 13.0 Å². The topological polar surface area (TPSA) is 50.9 Å². The molecule has 2 rings (SSSR count). The number of anilines is 2. The molecule has 1 saturated carbocycles. The third-order valence-corrected chi connectivity index (χ3v) is 3.14. The van der Waals surface area contributed by atoms with Crippen molar-refractivity contribution in [1.29, 1.82) is 0 Å². The molecule has 15 heavy (non-hydrogen) atoms. The lowest BCUT2D eigenvalue weighted by Gasteiger charge is -2.27. The number of aromatic nitrogens is 1. The van der Waals surface area contributed by atoms with Gasteiger partial charge >= 0.3 is 0 Å². The lowest BCUT2D eigenvalue weighted by atomic mass is 9.98. The van der Waals surface area contributed by atoms with Gasteiger partial charge in [-0.05, 0) is 51.2 Å². The van der Waals surface area contributed by atoms with E-state index in [2.05, 4.69) is 24.1 Å². The summed E-state index contributed by atoms with van der Waals surface area (Å²) in [6, 6.07) is 1.96. The van der Waals surface area contributed by atoms with Gasteiger partial charge in [0.2, 0.25) is 0 Å². The Morgan fingerprint density at radius 2 is 2.13 bits per heavy atom. The van der Waals surface area contributed by atoms with E-state index in [1.54, 1.807) is 6.20 Å². The van der Waals surface area contributed by atoms with Crippen LogP contribution in [-0.2, 0) is 0 Å². The smallest absolute Gasteiger partial charge is 0.129 e. The zero-order valence-electron chi connectivity index (χ0n) is 9.67. The third-order valence-electron chi connectivity index (χ3n) is 3.14. The summed E-state index contributed by atoms with van der Waals surface area (Å²) in [4.78, 5) is 4.34. The molecule has 3 heteroatoms. The summed E-state index contributed by atoms with van der Waals surface area (Å²) in [5.41, 5.74) is 7.66. The molecule has 1 aromatic heterocycles. The van der Waals surface area contributed by atoms with Crippen molar-refractivity contribution in [3.05, 3.63) is 17.8 Å². The number of nitrogens with two attached hydrogens (primary N) is 1. The Balaban J connectivity index is 2.16. The standard InChI is InChI=1S/C12H19N3/c1-8-6-10(13)7-14-11(8)15-12(2,3)9-4-5-9/h6-7,9H,4-5,13H2,1-3H3,(H,14,15).